The molecule has 0 bridgehead atoms. The van der Waals surface area contributed by atoms with Gasteiger partial charge in [0, 0.05) is 18.4 Å². The lowest BCUT2D eigenvalue weighted by Crippen LogP contribution is -2.42. The van der Waals surface area contributed by atoms with Crippen molar-refractivity contribution in [3.05, 3.63) is 47.8 Å². The van der Waals surface area contributed by atoms with Gasteiger partial charge in [-0.3, -0.25) is 0 Å². The lowest BCUT2D eigenvalue weighted by molar-refractivity contribution is -0.573. The highest BCUT2D eigenvalue weighted by atomic mass is 15.2. The van der Waals surface area contributed by atoms with Crippen molar-refractivity contribution in [1.82, 2.24) is 4.57 Å². The number of para-hydroxylation sites is 1. The first-order valence-electron chi connectivity index (χ1n) is 10.8. The molecule has 0 fully saturated rings. The van der Waals surface area contributed by atoms with Gasteiger partial charge in [0.25, 0.3) is 0 Å². The molecule has 2 heterocycles. The zero-order valence-electron chi connectivity index (χ0n) is 19.1. The van der Waals surface area contributed by atoms with Crippen LogP contribution >= 0.6 is 0 Å². The first-order chi connectivity index (χ1) is 13.4. The zero-order valence-corrected chi connectivity index (χ0v) is 19.1. The maximum Gasteiger partial charge on any atom is 0.244 e. The molecule has 29 heavy (non-hydrogen) atoms. The van der Waals surface area contributed by atoms with E-state index in [4.69, 9.17) is 0 Å². The molecule has 1 aliphatic carbocycles. The van der Waals surface area contributed by atoms with Crippen molar-refractivity contribution >= 4 is 22.4 Å². The Hall–Kier alpha value is -2.29. The highest BCUT2D eigenvalue weighted by Crippen LogP contribution is 2.52. The van der Waals surface area contributed by atoms with E-state index in [0.29, 0.717) is 0 Å². The highest BCUT2D eigenvalue weighted by molar-refractivity contribution is 5.93. The molecule has 3 heteroatoms. The fraction of sp³-hybridized carbons (Fsp3) is 0.500. The molecule has 2 aromatic carbocycles. The molecular formula is C26H33N3. The summed E-state index contributed by atoms with van der Waals surface area (Å²) in [5, 5.41) is 0. The van der Waals surface area contributed by atoms with Crippen molar-refractivity contribution < 1.29 is 4.57 Å². The van der Waals surface area contributed by atoms with E-state index < -0.39 is 0 Å². The third kappa shape index (κ3) is 2.39. The van der Waals surface area contributed by atoms with E-state index in [9.17, 15) is 0 Å². The molecule has 152 valence electrons. The Morgan fingerprint density at radius 2 is 1.66 bits per heavy atom. The Balaban J connectivity index is 1.92. The lowest BCUT2D eigenvalue weighted by atomic mass is 9.62. The smallest absolute Gasteiger partial charge is 0.244 e. The third-order valence-electron chi connectivity index (χ3n) is 7.20. The van der Waals surface area contributed by atoms with Crippen LogP contribution in [0.5, 0.6) is 0 Å². The van der Waals surface area contributed by atoms with E-state index in [1.807, 2.05) is 0 Å². The Labute approximate surface area is 175 Å². The molecule has 2 aliphatic rings. The number of anilines is 2. The van der Waals surface area contributed by atoms with Crippen molar-refractivity contribution in [2.45, 2.75) is 77.7 Å². The maximum atomic E-state index is 3.71. The normalized spacial score (nSPS) is 19.2. The number of imidazole rings is 1. The van der Waals surface area contributed by atoms with Gasteiger partial charge in [0.15, 0.2) is 0 Å². The fourth-order valence-corrected chi connectivity index (χ4v) is 5.44. The van der Waals surface area contributed by atoms with E-state index in [2.05, 4.69) is 106 Å². The second-order valence-corrected chi connectivity index (χ2v) is 11.3. The summed E-state index contributed by atoms with van der Waals surface area (Å²) in [6, 6.07) is 11.4. The monoisotopic (exact) mass is 387 g/mol. The van der Waals surface area contributed by atoms with Crippen LogP contribution in [0.2, 0.25) is 0 Å². The molecule has 3 aromatic rings. The number of rotatable bonds is 0. The minimum atomic E-state index is -0.0271. The molecule has 0 amide bonds. The maximum absolute atomic E-state index is 3.71. The summed E-state index contributed by atoms with van der Waals surface area (Å²) in [7, 11) is 2.24. The largest absolute Gasteiger partial charge is 0.353 e. The second-order valence-electron chi connectivity index (χ2n) is 11.3. The minimum absolute atomic E-state index is 0.0271. The first kappa shape index (κ1) is 18.7. The number of benzene rings is 2. The van der Waals surface area contributed by atoms with E-state index in [0.717, 1.165) is 0 Å². The molecule has 3 nitrogen and oxygen atoms in total. The predicted molar refractivity (Wildman–Crippen MR) is 121 cm³/mol. The molecule has 0 spiro atoms. The molecular weight excluding hydrogens is 354 g/mol. The van der Waals surface area contributed by atoms with Crippen molar-refractivity contribution in [3.8, 4) is 5.69 Å². The summed E-state index contributed by atoms with van der Waals surface area (Å²) in [6.07, 6.45) is 6.16. The van der Waals surface area contributed by atoms with Gasteiger partial charge in [0.1, 0.15) is 0 Å². The van der Waals surface area contributed by atoms with Gasteiger partial charge in [-0.05, 0) is 61.6 Å². The Morgan fingerprint density at radius 1 is 0.966 bits per heavy atom. The van der Waals surface area contributed by atoms with Gasteiger partial charge in [0.05, 0.1) is 22.3 Å². The van der Waals surface area contributed by atoms with Gasteiger partial charge >= 0.3 is 0 Å². The van der Waals surface area contributed by atoms with E-state index in [1.54, 1.807) is 0 Å². The topological polar surface area (TPSA) is 12.1 Å². The summed E-state index contributed by atoms with van der Waals surface area (Å²) in [5.74, 6) is 0. The van der Waals surface area contributed by atoms with E-state index in [-0.39, 0.29) is 16.4 Å². The Bertz CT molecular complexity index is 1150. The third-order valence-corrected chi connectivity index (χ3v) is 7.20. The number of nitrogens with zero attached hydrogens (tertiary/aromatic N) is 3. The summed E-state index contributed by atoms with van der Waals surface area (Å²) in [5.41, 5.74) is 9.73. The van der Waals surface area contributed by atoms with Crippen molar-refractivity contribution in [3.63, 3.8) is 0 Å². The minimum Gasteiger partial charge on any atom is -0.353 e. The van der Waals surface area contributed by atoms with Crippen LogP contribution in [-0.4, -0.2) is 11.6 Å². The summed E-state index contributed by atoms with van der Waals surface area (Å²) in [4.78, 5) is 2.43. The molecule has 0 unspecified atom stereocenters. The van der Waals surface area contributed by atoms with Crippen molar-refractivity contribution in [1.29, 1.82) is 0 Å². The second kappa shape index (κ2) is 5.44. The molecule has 0 atom stereocenters. The van der Waals surface area contributed by atoms with Crippen LogP contribution in [0, 0.1) is 6.33 Å². The molecule has 1 aromatic heterocycles. The molecule has 0 saturated carbocycles. The van der Waals surface area contributed by atoms with E-state index >= 15 is 0 Å². The molecule has 0 radical (unpaired) electrons. The van der Waals surface area contributed by atoms with Gasteiger partial charge in [0.2, 0.25) is 6.33 Å². The Morgan fingerprint density at radius 3 is 2.34 bits per heavy atom. The quantitative estimate of drug-likeness (QED) is 0.345. The predicted octanol–water partition coefficient (Wildman–Crippen LogP) is 5.90. The van der Waals surface area contributed by atoms with Crippen LogP contribution in [0.4, 0.5) is 11.4 Å². The summed E-state index contributed by atoms with van der Waals surface area (Å²) < 4.78 is 4.60. The van der Waals surface area contributed by atoms with E-state index in [1.165, 1.54) is 52.1 Å². The van der Waals surface area contributed by atoms with Gasteiger partial charge < -0.3 is 14.0 Å². The number of hydrogen-bond acceptors (Lipinski definition) is 1. The van der Waals surface area contributed by atoms with Crippen LogP contribution < -0.4 is 9.47 Å². The van der Waals surface area contributed by atoms with Crippen LogP contribution in [0.25, 0.3) is 16.7 Å². The molecule has 1 aliphatic heterocycles. The fourth-order valence-electron chi connectivity index (χ4n) is 5.44. The summed E-state index contributed by atoms with van der Waals surface area (Å²) in [6.45, 7) is 16.4. The van der Waals surface area contributed by atoms with Gasteiger partial charge in [-0.1, -0.05) is 52.0 Å². The van der Waals surface area contributed by atoms with Gasteiger partial charge in [-0.2, -0.15) is 0 Å². The summed E-state index contributed by atoms with van der Waals surface area (Å²) >= 11 is 0. The van der Waals surface area contributed by atoms with Gasteiger partial charge in [-0.15, -0.1) is 0 Å². The first-order valence-corrected chi connectivity index (χ1v) is 10.8. The number of fused-ring (bicyclic) bond motifs is 4. The average Bonchev–Trinajstić information content (AvgIpc) is 3.04. The Kier molecular flexibility index (Phi) is 3.51. The highest BCUT2D eigenvalue weighted by Gasteiger charge is 2.41. The molecule has 0 N–H and O–H groups in total. The lowest BCUT2D eigenvalue weighted by Gasteiger charge is -2.46. The van der Waals surface area contributed by atoms with Crippen molar-refractivity contribution in [2.75, 3.05) is 11.9 Å². The standard InChI is InChI=1S/C26H33N3/c1-24(2,3)29-16-28-19-13-12-17-21(26(6,7)15-14-25(17,4)5)23(19)27(8)18-10-9-11-20(29)22(18)28/h9-13H,14-15H2,1-8H3. The van der Waals surface area contributed by atoms with Crippen LogP contribution in [-0.2, 0) is 16.4 Å². The number of hydrogen-bond donors (Lipinski definition) is 0. The van der Waals surface area contributed by atoms with Crippen LogP contribution in [0.1, 0.15) is 72.4 Å². The molecule has 5 rings (SSSR count). The SMILES string of the molecule is CN1c2c(ccc3c2C(C)(C)CCC3(C)C)-[n+]2[c-]n(C(C)(C)C)c3cccc1c32. The van der Waals surface area contributed by atoms with Crippen LogP contribution in [0.3, 0.4) is 0 Å². The van der Waals surface area contributed by atoms with Crippen LogP contribution in [0.15, 0.2) is 30.3 Å². The molecule has 0 saturated heterocycles. The average molecular weight is 388 g/mol. The zero-order chi connectivity index (χ0) is 20.9. The number of aromatic nitrogens is 2. The van der Waals surface area contributed by atoms with Gasteiger partial charge in [-0.25, -0.2) is 0 Å². The van der Waals surface area contributed by atoms with Crippen molar-refractivity contribution in [2.24, 2.45) is 0 Å².